The highest BCUT2D eigenvalue weighted by atomic mass is 16.5. The van der Waals surface area contributed by atoms with Crippen LogP contribution in [-0.4, -0.2) is 22.9 Å². The first-order valence-corrected chi connectivity index (χ1v) is 6.26. The van der Waals surface area contributed by atoms with Gasteiger partial charge in [-0.3, -0.25) is 0 Å². The van der Waals surface area contributed by atoms with Gasteiger partial charge in [-0.2, -0.15) is 10.4 Å². The molecule has 0 amide bonds. The highest BCUT2D eigenvalue weighted by molar-refractivity contribution is 5.81. The molecule has 0 saturated heterocycles. The summed E-state index contributed by atoms with van der Waals surface area (Å²) in [5, 5.41) is 22.4. The molecule has 108 valence electrons. The summed E-state index contributed by atoms with van der Waals surface area (Å²) in [5.74, 6) is 1.02. The minimum absolute atomic E-state index is 0.0691. The molecule has 0 unspecified atom stereocenters. The van der Waals surface area contributed by atoms with Gasteiger partial charge in [0, 0.05) is 6.92 Å². The topological polar surface area (TPSA) is 104 Å². The third-order valence-electron chi connectivity index (χ3n) is 2.50. The number of ether oxygens (including phenoxy) is 1. The van der Waals surface area contributed by atoms with Crippen LogP contribution in [-0.2, 0) is 0 Å². The van der Waals surface area contributed by atoms with Crippen molar-refractivity contribution in [2.24, 2.45) is 5.10 Å². The number of nitrogens with one attached hydrogen (secondary N) is 1. The Balaban J connectivity index is 2.11. The third kappa shape index (κ3) is 3.51. The summed E-state index contributed by atoms with van der Waals surface area (Å²) < 4.78 is 10.5. The number of hydrogen-bond donors (Lipinski definition) is 2. The van der Waals surface area contributed by atoms with Gasteiger partial charge >= 0.3 is 0 Å². The van der Waals surface area contributed by atoms with Crippen molar-refractivity contribution in [3.05, 3.63) is 35.3 Å². The van der Waals surface area contributed by atoms with E-state index in [4.69, 9.17) is 14.4 Å². The van der Waals surface area contributed by atoms with Crippen molar-refractivity contribution in [1.29, 1.82) is 5.26 Å². The van der Waals surface area contributed by atoms with E-state index in [9.17, 15) is 5.11 Å². The van der Waals surface area contributed by atoms with E-state index in [2.05, 4.69) is 15.5 Å². The van der Waals surface area contributed by atoms with Crippen LogP contribution in [0.4, 0.5) is 5.88 Å². The molecular formula is C14H14N4O3. The molecule has 1 heterocycles. The predicted molar refractivity (Wildman–Crippen MR) is 76.4 cm³/mol. The number of aromatic nitrogens is 1. The number of anilines is 1. The van der Waals surface area contributed by atoms with Crippen molar-refractivity contribution in [1.82, 2.24) is 4.98 Å². The number of benzene rings is 1. The summed E-state index contributed by atoms with van der Waals surface area (Å²) in [7, 11) is 0. The first-order valence-electron chi connectivity index (χ1n) is 6.26. The van der Waals surface area contributed by atoms with Crippen molar-refractivity contribution in [2.45, 2.75) is 13.8 Å². The third-order valence-corrected chi connectivity index (χ3v) is 2.50. The van der Waals surface area contributed by atoms with Crippen LogP contribution >= 0.6 is 0 Å². The van der Waals surface area contributed by atoms with Crippen molar-refractivity contribution < 1.29 is 14.3 Å². The Morgan fingerprint density at radius 1 is 1.57 bits per heavy atom. The maximum Gasteiger partial charge on any atom is 0.252 e. The van der Waals surface area contributed by atoms with Crippen LogP contribution in [0.25, 0.3) is 0 Å². The Morgan fingerprint density at radius 2 is 2.38 bits per heavy atom. The van der Waals surface area contributed by atoms with Gasteiger partial charge in [-0.15, -0.1) is 0 Å². The largest absolute Gasteiger partial charge is 0.504 e. The average Bonchev–Trinajstić information content (AvgIpc) is 2.83. The highest BCUT2D eigenvalue weighted by Gasteiger charge is 2.08. The molecule has 21 heavy (non-hydrogen) atoms. The number of hydrazone groups is 1. The van der Waals surface area contributed by atoms with Crippen LogP contribution in [0.1, 0.15) is 24.1 Å². The molecule has 0 aliphatic heterocycles. The molecule has 0 fully saturated rings. The number of aryl methyl sites for hydroxylation is 1. The Morgan fingerprint density at radius 3 is 3.10 bits per heavy atom. The molecule has 0 bridgehead atoms. The average molecular weight is 286 g/mol. The lowest BCUT2D eigenvalue weighted by atomic mass is 10.2. The first kappa shape index (κ1) is 14.4. The number of phenolic OH excluding ortho intramolecular Hbond substituents is 1. The van der Waals surface area contributed by atoms with Crippen LogP contribution in [0.15, 0.2) is 27.7 Å². The molecule has 0 aliphatic carbocycles. The van der Waals surface area contributed by atoms with E-state index < -0.39 is 0 Å². The number of nitrogens with zero attached hydrogens (tertiary/aromatic N) is 3. The van der Waals surface area contributed by atoms with Gasteiger partial charge in [0.2, 0.25) is 5.69 Å². The zero-order valence-electron chi connectivity index (χ0n) is 11.6. The van der Waals surface area contributed by atoms with Gasteiger partial charge in [-0.1, -0.05) is 0 Å². The Hall–Kier alpha value is -3.01. The van der Waals surface area contributed by atoms with Gasteiger partial charge in [0.25, 0.3) is 5.88 Å². The lowest BCUT2D eigenvalue weighted by Crippen LogP contribution is -1.94. The summed E-state index contributed by atoms with van der Waals surface area (Å²) >= 11 is 0. The number of rotatable bonds is 5. The minimum atomic E-state index is 0.0691. The smallest absolute Gasteiger partial charge is 0.252 e. The van der Waals surface area contributed by atoms with Gasteiger partial charge in [0.15, 0.2) is 17.4 Å². The molecule has 1 aromatic carbocycles. The number of aromatic hydroxyl groups is 1. The van der Waals surface area contributed by atoms with Crippen LogP contribution in [0.3, 0.4) is 0 Å². The maximum atomic E-state index is 9.60. The summed E-state index contributed by atoms with van der Waals surface area (Å²) in [4.78, 5) is 3.89. The molecule has 7 nitrogen and oxygen atoms in total. The fourth-order valence-electron chi connectivity index (χ4n) is 1.63. The lowest BCUT2D eigenvalue weighted by molar-refractivity contribution is 0.318. The fourth-order valence-corrected chi connectivity index (χ4v) is 1.63. The summed E-state index contributed by atoms with van der Waals surface area (Å²) in [5.41, 5.74) is 3.48. The highest BCUT2D eigenvalue weighted by Crippen LogP contribution is 2.26. The van der Waals surface area contributed by atoms with Crippen molar-refractivity contribution in [2.75, 3.05) is 12.0 Å². The molecule has 0 radical (unpaired) electrons. The van der Waals surface area contributed by atoms with Gasteiger partial charge in [-0.25, -0.2) is 10.4 Å². The van der Waals surface area contributed by atoms with Gasteiger partial charge in [-0.05, 0) is 30.7 Å². The standard InChI is InChI=1S/C14H14N4O3/c1-3-20-13-6-10(4-5-12(13)19)8-16-18-14-11(7-15)17-9(2)21-14/h4-6,8,18-19H,3H2,1-2H3. The number of oxazole rings is 1. The zero-order chi connectivity index (χ0) is 15.2. The van der Waals surface area contributed by atoms with E-state index in [1.54, 1.807) is 19.1 Å². The van der Waals surface area contributed by atoms with Crippen LogP contribution in [0.2, 0.25) is 0 Å². The molecular weight excluding hydrogens is 272 g/mol. The first-order chi connectivity index (χ1) is 10.1. The van der Waals surface area contributed by atoms with Gasteiger partial charge in [0.05, 0.1) is 12.8 Å². The van der Waals surface area contributed by atoms with Crippen LogP contribution in [0.5, 0.6) is 11.5 Å². The van der Waals surface area contributed by atoms with E-state index >= 15 is 0 Å². The Bertz CT molecular complexity index is 701. The van der Waals surface area contributed by atoms with E-state index in [0.29, 0.717) is 18.2 Å². The van der Waals surface area contributed by atoms with Crippen LogP contribution in [0, 0.1) is 18.3 Å². The normalized spacial score (nSPS) is 10.5. The molecule has 0 spiro atoms. The maximum absolute atomic E-state index is 9.60. The molecule has 0 aliphatic rings. The molecule has 1 aromatic heterocycles. The number of nitriles is 1. The van der Waals surface area contributed by atoms with Gasteiger partial charge in [0.1, 0.15) is 6.07 Å². The van der Waals surface area contributed by atoms with E-state index in [0.717, 1.165) is 5.56 Å². The van der Waals surface area contributed by atoms with E-state index in [1.165, 1.54) is 12.3 Å². The zero-order valence-corrected chi connectivity index (χ0v) is 11.6. The molecule has 2 rings (SSSR count). The lowest BCUT2D eigenvalue weighted by Gasteiger charge is -2.05. The minimum Gasteiger partial charge on any atom is -0.504 e. The number of phenols is 1. The van der Waals surface area contributed by atoms with Crippen molar-refractivity contribution >= 4 is 12.1 Å². The Labute approximate surface area is 121 Å². The molecule has 7 heteroatoms. The quantitative estimate of drug-likeness (QED) is 0.646. The molecule has 2 N–H and O–H groups in total. The summed E-state index contributed by atoms with van der Waals surface area (Å²) in [6.45, 7) is 3.93. The second-order valence-corrected chi connectivity index (χ2v) is 4.05. The molecule has 0 atom stereocenters. The second-order valence-electron chi connectivity index (χ2n) is 4.05. The summed E-state index contributed by atoms with van der Waals surface area (Å²) in [6.07, 6.45) is 1.51. The van der Waals surface area contributed by atoms with Gasteiger partial charge < -0.3 is 14.3 Å². The van der Waals surface area contributed by atoms with Crippen LogP contribution < -0.4 is 10.2 Å². The fraction of sp³-hybridized carbons (Fsp3) is 0.214. The second kappa shape index (κ2) is 6.43. The van der Waals surface area contributed by atoms with E-state index in [1.807, 2.05) is 13.0 Å². The van der Waals surface area contributed by atoms with Crippen molar-refractivity contribution in [3.63, 3.8) is 0 Å². The van der Waals surface area contributed by atoms with Crippen molar-refractivity contribution in [3.8, 4) is 17.6 Å². The molecule has 0 saturated carbocycles. The molecule has 2 aromatic rings. The summed E-state index contributed by atoms with van der Waals surface area (Å²) in [6, 6.07) is 6.76. The SMILES string of the molecule is CCOc1cc(C=NNc2oc(C)nc2C#N)ccc1O. The number of hydrogen-bond acceptors (Lipinski definition) is 7. The van der Waals surface area contributed by atoms with E-state index in [-0.39, 0.29) is 17.3 Å². The predicted octanol–water partition coefficient (Wildman–Crippen LogP) is 2.41. The Kier molecular flexibility index (Phi) is 4.41. The monoisotopic (exact) mass is 286 g/mol.